The highest BCUT2D eigenvalue weighted by Gasteiger charge is 2.37. The first-order valence-electron chi connectivity index (χ1n) is 10.0. The second-order valence-corrected chi connectivity index (χ2v) is 8.81. The van der Waals surface area contributed by atoms with Gasteiger partial charge < -0.3 is 9.64 Å². The maximum absolute atomic E-state index is 12.8. The van der Waals surface area contributed by atoms with Crippen molar-refractivity contribution in [3.63, 3.8) is 0 Å². The van der Waals surface area contributed by atoms with Crippen LogP contribution < -0.4 is 4.74 Å². The zero-order valence-corrected chi connectivity index (χ0v) is 18.3. The number of carbonyl (C=O) groups is 3. The van der Waals surface area contributed by atoms with Crippen molar-refractivity contribution < 1.29 is 19.1 Å². The van der Waals surface area contributed by atoms with E-state index in [2.05, 4.69) is 13.8 Å². The van der Waals surface area contributed by atoms with Gasteiger partial charge in [-0.15, -0.1) is 0 Å². The summed E-state index contributed by atoms with van der Waals surface area (Å²) in [6.45, 7) is 7.33. The number of aryl methyl sites for hydroxylation is 1. The second kappa shape index (κ2) is 9.03. The molecule has 0 atom stereocenters. The van der Waals surface area contributed by atoms with Gasteiger partial charge in [-0.05, 0) is 78.8 Å². The number of amides is 3. The molecule has 2 aliphatic rings. The number of methoxy groups -OCH3 is 1. The number of benzene rings is 1. The van der Waals surface area contributed by atoms with Gasteiger partial charge in [-0.3, -0.25) is 19.3 Å². The summed E-state index contributed by atoms with van der Waals surface area (Å²) in [7, 11) is 1.64. The molecule has 0 N–H and O–H groups in total. The number of imide groups is 1. The first-order valence-corrected chi connectivity index (χ1v) is 10.8. The monoisotopic (exact) mass is 416 g/mol. The number of hydrogen-bond donors (Lipinski definition) is 0. The SMILES string of the molecule is COc1cc(C)c(C=C2SC(=O)N(CC(=O)N3CCCCC3)C2=O)cc1C(C)C. The summed E-state index contributed by atoms with van der Waals surface area (Å²) in [5, 5.41) is -0.387. The lowest BCUT2D eigenvalue weighted by molar-refractivity contribution is -0.136. The van der Waals surface area contributed by atoms with Crippen LogP contribution in [0.2, 0.25) is 0 Å². The van der Waals surface area contributed by atoms with Crippen molar-refractivity contribution in [1.82, 2.24) is 9.80 Å². The van der Waals surface area contributed by atoms with Crippen molar-refractivity contribution in [1.29, 1.82) is 0 Å². The van der Waals surface area contributed by atoms with Crippen LogP contribution >= 0.6 is 11.8 Å². The Morgan fingerprint density at radius 2 is 1.90 bits per heavy atom. The molecule has 2 saturated heterocycles. The Morgan fingerprint density at radius 1 is 1.21 bits per heavy atom. The smallest absolute Gasteiger partial charge is 0.294 e. The highest BCUT2D eigenvalue weighted by molar-refractivity contribution is 8.18. The van der Waals surface area contributed by atoms with E-state index in [1.807, 2.05) is 19.1 Å². The molecule has 2 aliphatic heterocycles. The molecule has 3 rings (SSSR count). The quantitative estimate of drug-likeness (QED) is 0.674. The van der Waals surface area contributed by atoms with E-state index in [9.17, 15) is 14.4 Å². The minimum Gasteiger partial charge on any atom is -0.496 e. The Morgan fingerprint density at radius 3 is 2.52 bits per heavy atom. The lowest BCUT2D eigenvalue weighted by Gasteiger charge is -2.27. The molecule has 0 aliphatic carbocycles. The highest BCUT2D eigenvalue weighted by atomic mass is 32.2. The van der Waals surface area contributed by atoms with Crippen molar-refractivity contribution >= 4 is 34.9 Å². The molecule has 0 bridgehead atoms. The van der Waals surface area contributed by atoms with E-state index in [-0.39, 0.29) is 23.6 Å². The zero-order valence-electron chi connectivity index (χ0n) is 17.5. The number of ether oxygens (including phenoxy) is 1. The van der Waals surface area contributed by atoms with Crippen LogP contribution in [-0.2, 0) is 9.59 Å². The third kappa shape index (κ3) is 4.66. The minimum atomic E-state index is -0.397. The number of rotatable bonds is 5. The van der Waals surface area contributed by atoms with Crippen LogP contribution in [0.15, 0.2) is 17.0 Å². The van der Waals surface area contributed by atoms with Crippen LogP contribution in [0, 0.1) is 6.92 Å². The average molecular weight is 417 g/mol. The van der Waals surface area contributed by atoms with Gasteiger partial charge in [0.05, 0.1) is 12.0 Å². The van der Waals surface area contributed by atoms with E-state index in [0.29, 0.717) is 18.0 Å². The van der Waals surface area contributed by atoms with Crippen molar-refractivity contribution in [2.24, 2.45) is 0 Å². The van der Waals surface area contributed by atoms with E-state index >= 15 is 0 Å². The minimum absolute atomic E-state index is 0.157. The summed E-state index contributed by atoms with van der Waals surface area (Å²) < 4.78 is 5.47. The van der Waals surface area contributed by atoms with Crippen molar-refractivity contribution in [2.45, 2.75) is 46.0 Å². The summed E-state index contributed by atoms with van der Waals surface area (Å²) in [5.74, 6) is 0.521. The van der Waals surface area contributed by atoms with E-state index in [1.54, 1.807) is 18.1 Å². The van der Waals surface area contributed by atoms with Crippen LogP contribution in [0.1, 0.15) is 55.7 Å². The molecule has 0 aromatic heterocycles. The molecule has 2 fully saturated rings. The largest absolute Gasteiger partial charge is 0.496 e. The molecule has 156 valence electrons. The van der Waals surface area contributed by atoms with E-state index in [1.165, 1.54) is 0 Å². The number of nitrogens with zero attached hydrogens (tertiary/aromatic N) is 2. The molecule has 3 amide bonds. The lowest BCUT2D eigenvalue weighted by Crippen LogP contribution is -2.44. The van der Waals surface area contributed by atoms with Crippen molar-refractivity contribution in [2.75, 3.05) is 26.7 Å². The molecule has 0 unspecified atom stereocenters. The van der Waals surface area contributed by atoms with E-state index in [0.717, 1.165) is 58.4 Å². The van der Waals surface area contributed by atoms with Gasteiger partial charge in [0.25, 0.3) is 11.1 Å². The Labute approximate surface area is 176 Å². The maximum Gasteiger partial charge on any atom is 0.294 e. The summed E-state index contributed by atoms with van der Waals surface area (Å²) in [6, 6.07) is 3.96. The van der Waals surface area contributed by atoms with Gasteiger partial charge in [0.1, 0.15) is 12.3 Å². The van der Waals surface area contributed by atoms with Gasteiger partial charge in [0.15, 0.2) is 0 Å². The topological polar surface area (TPSA) is 66.9 Å². The number of likely N-dealkylation sites (tertiary alicyclic amines) is 1. The lowest BCUT2D eigenvalue weighted by atomic mass is 9.96. The molecule has 29 heavy (non-hydrogen) atoms. The molecule has 6 nitrogen and oxygen atoms in total. The van der Waals surface area contributed by atoms with Gasteiger partial charge in [0.2, 0.25) is 5.91 Å². The second-order valence-electron chi connectivity index (χ2n) is 7.81. The van der Waals surface area contributed by atoms with Crippen LogP contribution in [0.4, 0.5) is 4.79 Å². The Hall–Kier alpha value is -2.28. The molecule has 0 saturated carbocycles. The molecule has 2 heterocycles. The number of piperidine rings is 1. The predicted molar refractivity (Wildman–Crippen MR) is 115 cm³/mol. The third-order valence-corrected chi connectivity index (χ3v) is 6.31. The molecule has 0 radical (unpaired) electrons. The van der Waals surface area contributed by atoms with E-state index < -0.39 is 5.91 Å². The molecule has 0 spiro atoms. The van der Waals surface area contributed by atoms with Gasteiger partial charge in [0, 0.05) is 13.1 Å². The molecule has 1 aromatic rings. The van der Waals surface area contributed by atoms with Crippen molar-refractivity contribution in [3.05, 3.63) is 33.7 Å². The first-order chi connectivity index (χ1) is 13.8. The van der Waals surface area contributed by atoms with Gasteiger partial charge in [-0.25, -0.2) is 0 Å². The fourth-order valence-electron chi connectivity index (χ4n) is 3.66. The Bertz CT molecular complexity index is 857. The number of hydrogen-bond acceptors (Lipinski definition) is 5. The zero-order chi connectivity index (χ0) is 21.1. The molecule has 1 aromatic carbocycles. The maximum atomic E-state index is 12.8. The van der Waals surface area contributed by atoms with E-state index in [4.69, 9.17) is 4.74 Å². The summed E-state index contributed by atoms with van der Waals surface area (Å²) in [5.41, 5.74) is 2.88. The third-order valence-electron chi connectivity index (χ3n) is 5.40. The average Bonchev–Trinajstić information content (AvgIpc) is 2.96. The van der Waals surface area contributed by atoms with Crippen LogP contribution in [0.5, 0.6) is 5.75 Å². The Kier molecular flexibility index (Phi) is 6.67. The number of thioether (sulfide) groups is 1. The molecular formula is C22H28N2O4S. The highest BCUT2D eigenvalue weighted by Crippen LogP contribution is 2.35. The van der Waals surface area contributed by atoms with Crippen molar-refractivity contribution in [3.8, 4) is 5.75 Å². The van der Waals surface area contributed by atoms with Gasteiger partial charge >= 0.3 is 0 Å². The van der Waals surface area contributed by atoms with Crippen LogP contribution in [0.25, 0.3) is 6.08 Å². The predicted octanol–water partition coefficient (Wildman–Crippen LogP) is 4.18. The fourth-order valence-corrected chi connectivity index (χ4v) is 4.48. The van der Waals surface area contributed by atoms with Crippen LogP contribution in [0.3, 0.4) is 0 Å². The summed E-state index contributed by atoms with van der Waals surface area (Å²) in [4.78, 5) is 40.9. The Balaban J connectivity index is 1.81. The van der Waals surface area contributed by atoms with Crippen LogP contribution in [-0.4, -0.2) is 53.6 Å². The standard InChI is InChI=1S/C22H28N2O4S/c1-14(2)17-11-16(15(3)10-18(17)28-4)12-19-21(26)24(22(27)29-19)13-20(25)23-8-6-5-7-9-23/h10-12,14H,5-9,13H2,1-4H3. The molecule has 7 heteroatoms. The fraction of sp³-hybridized carbons (Fsp3) is 0.500. The number of carbonyl (C=O) groups excluding carboxylic acids is 3. The normalized spacial score (nSPS) is 18.9. The summed E-state index contributed by atoms with van der Waals surface area (Å²) in [6.07, 6.45) is 4.82. The van der Waals surface area contributed by atoms with Gasteiger partial charge in [-0.2, -0.15) is 0 Å². The molecular weight excluding hydrogens is 388 g/mol. The van der Waals surface area contributed by atoms with Gasteiger partial charge in [-0.1, -0.05) is 13.8 Å². The summed E-state index contributed by atoms with van der Waals surface area (Å²) >= 11 is 0.895. The first kappa shape index (κ1) is 21.4.